The Morgan fingerprint density at radius 3 is 2.25 bits per heavy atom. The number of phenolic OH excluding ortho intramolecular Hbond substituents is 2. The van der Waals surface area contributed by atoms with Crippen molar-refractivity contribution in [2.24, 2.45) is 5.73 Å². The molecule has 1 rings (SSSR count). The molecule has 0 atom stereocenters. The maximum atomic E-state index is 11.7. The Morgan fingerprint density at radius 2 is 1.81 bits per heavy atom. The lowest BCUT2D eigenvalue weighted by Gasteiger charge is -2.16. The zero-order valence-corrected chi connectivity index (χ0v) is 8.67. The van der Waals surface area contributed by atoms with Gasteiger partial charge in [0.1, 0.15) is 17.1 Å². The second kappa shape index (κ2) is 4.52. The molecule has 0 saturated heterocycles. The Kier molecular flexibility index (Phi) is 3.34. The van der Waals surface area contributed by atoms with Gasteiger partial charge in [0.15, 0.2) is 0 Å². The normalized spacial score (nSPS) is 9.81. The van der Waals surface area contributed by atoms with E-state index in [1.54, 1.807) is 0 Å². The summed E-state index contributed by atoms with van der Waals surface area (Å²) in [5, 5.41) is 18.8. The SMILES string of the molecule is CN(CC(N)=O)C(=O)c1c(O)cccc1O. The Bertz CT molecular complexity index is 411. The van der Waals surface area contributed by atoms with Gasteiger partial charge < -0.3 is 20.8 Å². The van der Waals surface area contributed by atoms with Crippen molar-refractivity contribution in [3.63, 3.8) is 0 Å². The lowest BCUT2D eigenvalue weighted by molar-refractivity contribution is -0.118. The van der Waals surface area contributed by atoms with Crippen LogP contribution in [0.3, 0.4) is 0 Å². The molecule has 86 valence electrons. The molecule has 1 aromatic rings. The molecule has 0 heterocycles. The third-order valence-electron chi connectivity index (χ3n) is 1.97. The van der Waals surface area contributed by atoms with Crippen molar-refractivity contribution in [2.75, 3.05) is 13.6 Å². The highest BCUT2D eigenvalue weighted by atomic mass is 16.3. The number of benzene rings is 1. The van der Waals surface area contributed by atoms with E-state index in [2.05, 4.69) is 0 Å². The molecule has 0 bridgehead atoms. The maximum absolute atomic E-state index is 11.7. The monoisotopic (exact) mass is 224 g/mol. The summed E-state index contributed by atoms with van der Waals surface area (Å²) in [6, 6.07) is 3.94. The lowest BCUT2D eigenvalue weighted by atomic mass is 10.1. The van der Waals surface area contributed by atoms with E-state index in [4.69, 9.17) is 5.73 Å². The van der Waals surface area contributed by atoms with Crippen LogP contribution < -0.4 is 5.73 Å². The standard InChI is InChI=1S/C10H12N2O4/c1-12(5-8(11)15)10(16)9-6(13)3-2-4-7(9)14/h2-4,13-14H,5H2,1H3,(H2,11,15). The number of hydrogen-bond donors (Lipinski definition) is 3. The van der Waals surface area contributed by atoms with Crippen molar-refractivity contribution in [1.82, 2.24) is 4.90 Å². The number of aromatic hydroxyl groups is 2. The highest BCUT2D eigenvalue weighted by Gasteiger charge is 2.20. The van der Waals surface area contributed by atoms with Gasteiger partial charge in [-0.3, -0.25) is 9.59 Å². The van der Waals surface area contributed by atoms with Gasteiger partial charge in [0.05, 0.1) is 6.54 Å². The lowest BCUT2D eigenvalue weighted by Crippen LogP contribution is -2.35. The summed E-state index contributed by atoms with van der Waals surface area (Å²) >= 11 is 0. The number of nitrogens with two attached hydrogens (primary N) is 1. The first-order valence-electron chi connectivity index (χ1n) is 4.48. The number of rotatable bonds is 3. The first kappa shape index (κ1) is 11.8. The summed E-state index contributed by atoms with van der Waals surface area (Å²) in [6.07, 6.45) is 0. The van der Waals surface area contributed by atoms with Crippen LogP contribution >= 0.6 is 0 Å². The van der Waals surface area contributed by atoms with Gasteiger partial charge in [-0.2, -0.15) is 0 Å². The smallest absolute Gasteiger partial charge is 0.261 e. The first-order valence-corrected chi connectivity index (χ1v) is 4.48. The number of carbonyl (C=O) groups is 2. The zero-order chi connectivity index (χ0) is 12.3. The van der Waals surface area contributed by atoms with Crippen LogP contribution in [0.15, 0.2) is 18.2 Å². The van der Waals surface area contributed by atoms with Crippen molar-refractivity contribution in [1.29, 1.82) is 0 Å². The molecule has 0 aliphatic heterocycles. The Morgan fingerprint density at radius 1 is 1.31 bits per heavy atom. The zero-order valence-electron chi connectivity index (χ0n) is 8.67. The molecule has 0 aromatic heterocycles. The van der Waals surface area contributed by atoms with E-state index in [1.807, 2.05) is 0 Å². The van der Waals surface area contributed by atoms with Crippen LogP contribution in [-0.4, -0.2) is 40.5 Å². The highest BCUT2D eigenvalue weighted by Crippen LogP contribution is 2.27. The molecule has 1 aromatic carbocycles. The fourth-order valence-corrected chi connectivity index (χ4v) is 1.24. The van der Waals surface area contributed by atoms with Gasteiger partial charge in [-0.15, -0.1) is 0 Å². The molecule has 0 aliphatic rings. The summed E-state index contributed by atoms with van der Waals surface area (Å²) < 4.78 is 0. The Labute approximate surface area is 91.9 Å². The van der Waals surface area contributed by atoms with E-state index >= 15 is 0 Å². The third kappa shape index (κ3) is 2.41. The van der Waals surface area contributed by atoms with E-state index in [9.17, 15) is 19.8 Å². The average molecular weight is 224 g/mol. The van der Waals surface area contributed by atoms with Crippen molar-refractivity contribution in [3.05, 3.63) is 23.8 Å². The number of amides is 2. The van der Waals surface area contributed by atoms with E-state index in [1.165, 1.54) is 25.2 Å². The molecule has 0 fully saturated rings. The van der Waals surface area contributed by atoms with E-state index in [-0.39, 0.29) is 23.6 Å². The summed E-state index contributed by atoms with van der Waals surface area (Å²) in [7, 11) is 1.35. The summed E-state index contributed by atoms with van der Waals surface area (Å²) in [5.41, 5.74) is 4.68. The molecule has 0 radical (unpaired) electrons. The minimum atomic E-state index is -0.675. The van der Waals surface area contributed by atoms with E-state index in [0.29, 0.717) is 0 Å². The topological polar surface area (TPSA) is 104 Å². The minimum Gasteiger partial charge on any atom is -0.507 e. The van der Waals surface area contributed by atoms with E-state index in [0.717, 1.165) is 4.90 Å². The largest absolute Gasteiger partial charge is 0.507 e. The molecule has 0 unspecified atom stereocenters. The van der Waals surface area contributed by atoms with Gasteiger partial charge in [0.2, 0.25) is 5.91 Å². The fourth-order valence-electron chi connectivity index (χ4n) is 1.24. The van der Waals surface area contributed by atoms with Gasteiger partial charge in [0.25, 0.3) is 5.91 Å². The average Bonchev–Trinajstić information content (AvgIpc) is 2.16. The molecule has 6 nitrogen and oxygen atoms in total. The summed E-state index contributed by atoms with van der Waals surface area (Å²) in [5.74, 6) is -2.04. The number of hydrogen-bond acceptors (Lipinski definition) is 4. The molecule has 16 heavy (non-hydrogen) atoms. The van der Waals surface area contributed by atoms with Gasteiger partial charge in [0, 0.05) is 7.05 Å². The van der Waals surface area contributed by atoms with Crippen LogP contribution in [0.25, 0.3) is 0 Å². The highest BCUT2D eigenvalue weighted by molar-refractivity contribution is 6.00. The fraction of sp³-hybridized carbons (Fsp3) is 0.200. The third-order valence-corrected chi connectivity index (χ3v) is 1.97. The van der Waals surface area contributed by atoms with Crippen LogP contribution in [0.1, 0.15) is 10.4 Å². The second-order valence-electron chi connectivity index (χ2n) is 3.30. The van der Waals surface area contributed by atoms with Crippen LogP contribution in [0, 0.1) is 0 Å². The predicted octanol–water partition coefficient (Wildman–Crippen LogP) is -0.345. The number of nitrogens with zero attached hydrogens (tertiary/aromatic N) is 1. The number of primary amides is 1. The predicted molar refractivity (Wildman–Crippen MR) is 55.9 cm³/mol. The molecule has 0 aliphatic carbocycles. The maximum Gasteiger partial charge on any atom is 0.261 e. The minimum absolute atomic E-state index is 0.244. The summed E-state index contributed by atoms with van der Waals surface area (Å²) in [6.45, 7) is -0.285. The quantitative estimate of drug-likeness (QED) is 0.653. The van der Waals surface area contributed by atoms with Crippen molar-refractivity contribution in [3.8, 4) is 11.5 Å². The Balaban J connectivity index is 3.00. The summed E-state index contributed by atoms with van der Waals surface area (Å²) in [4.78, 5) is 23.3. The number of likely N-dealkylation sites (N-methyl/N-ethyl adjacent to an activating group) is 1. The Hall–Kier alpha value is -2.24. The van der Waals surface area contributed by atoms with Gasteiger partial charge in [-0.05, 0) is 12.1 Å². The van der Waals surface area contributed by atoms with Crippen molar-refractivity contribution < 1.29 is 19.8 Å². The van der Waals surface area contributed by atoms with Crippen LogP contribution in [0.4, 0.5) is 0 Å². The van der Waals surface area contributed by atoms with Crippen molar-refractivity contribution >= 4 is 11.8 Å². The molecule has 4 N–H and O–H groups in total. The second-order valence-corrected chi connectivity index (χ2v) is 3.30. The molecular weight excluding hydrogens is 212 g/mol. The van der Waals surface area contributed by atoms with Gasteiger partial charge >= 0.3 is 0 Å². The van der Waals surface area contributed by atoms with Crippen molar-refractivity contribution in [2.45, 2.75) is 0 Å². The van der Waals surface area contributed by atoms with Gasteiger partial charge in [-0.25, -0.2) is 0 Å². The van der Waals surface area contributed by atoms with Crippen LogP contribution in [0.5, 0.6) is 11.5 Å². The first-order chi connectivity index (χ1) is 7.43. The number of phenols is 2. The van der Waals surface area contributed by atoms with Crippen LogP contribution in [0.2, 0.25) is 0 Å². The molecule has 0 spiro atoms. The van der Waals surface area contributed by atoms with E-state index < -0.39 is 11.8 Å². The molecule has 2 amide bonds. The van der Waals surface area contributed by atoms with Crippen LogP contribution in [-0.2, 0) is 4.79 Å². The van der Waals surface area contributed by atoms with Gasteiger partial charge in [-0.1, -0.05) is 6.07 Å². The molecule has 0 saturated carbocycles. The number of carbonyl (C=O) groups excluding carboxylic acids is 2. The molecule has 6 heteroatoms. The molecular formula is C10H12N2O4.